The summed E-state index contributed by atoms with van der Waals surface area (Å²) in [7, 11) is 0. The van der Waals surface area contributed by atoms with Crippen LogP contribution in [0.2, 0.25) is 0 Å². The van der Waals surface area contributed by atoms with Crippen LogP contribution in [-0.2, 0) is 6.18 Å². The maximum Gasteiger partial charge on any atom is 0.416 e. The number of carbonyl (C=O) groups excluding carboxylic acids is 1. The Bertz CT molecular complexity index is 753. The molecule has 1 aromatic heterocycles. The molecule has 1 saturated heterocycles. The highest BCUT2D eigenvalue weighted by molar-refractivity contribution is 5.92. The Morgan fingerprint density at radius 1 is 1.23 bits per heavy atom. The lowest BCUT2D eigenvalue weighted by molar-refractivity contribution is -0.137. The van der Waals surface area contributed by atoms with Gasteiger partial charge in [0, 0.05) is 45.5 Å². The number of hydrogen-bond acceptors (Lipinski definition) is 4. The molecule has 0 aliphatic carbocycles. The molecule has 0 unspecified atom stereocenters. The SMILES string of the molecule is O=C(NCCN1CCNCC1)c1ccn(-c2cccc(C(F)(F)F)c2)n1. The molecule has 0 atom stereocenters. The van der Waals surface area contributed by atoms with Gasteiger partial charge in [-0.3, -0.25) is 9.69 Å². The van der Waals surface area contributed by atoms with Crippen molar-refractivity contribution in [2.75, 3.05) is 39.3 Å². The quantitative estimate of drug-likeness (QED) is 0.841. The fraction of sp³-hybridized carbons (Fsp3) is 0.412. The zero-order valence-electron chi connectivity index (χ0n) is 14.1. The lowest BCUT2D eigenvalue weighted by atomic mass is 10.2. The molecular weight excluding hydrogens is 347 g/mol. The summed E-state index contributed by atoms with van der Waals surface area (Å²) in [5.41, 5.74) is -0.338. The first-order valence-corrected chi connectivity index (χ1v) is 8.38. The molecule has 0 bridgehead atoms. The Labute approximate surface area is 149 Å². The van der Waals surface area contributed by atoms with Crippen LogP contribution in [0.15, 0.2) is 36.5 Å². The van der Waals surface area contributed by atoms with Gasteiger partial charge in [0.1, 0.15) is 0 Å². The van der Waals surface area contributed by atoms with Crippen LogP contribution >= 0.6 is 0 Å². The standard InChI is InChI=1S/C17H20F3N5O/c18-17(19,20)13-2-1-3-14(12-13)25-8-4-15(23-25)16(26)22-7-11-24-9-5-21-6-10-24/h1-4,8,12,21H,5-7,9-11H2,(H,22,26). The summed E-state index contributed by atoms with van der Waals surface area (Å²) in [5, 5.41) is 10.1. The van der Waals surface area contributed by atoms with E-state index >= 15 is 0 Å². The predicted molar refractivity (Wildman–Crippen MR) is 90.2 cm³/mol. The highest BCUT2D eigenvalue weighted by atomic mass is 19.4. The Balaban J connectivity index is 1.59. The number of alkyl halides is 3. The molecule has 140 valence electrons. The fourth-order valence-electron chi connectivity index (χ4n) is 2.77. The van der Waals surface area contributed by atoms with E-state index in [4.69, 9.17) is 0 Å². The van der Waals surface area contributed by atoms with Gasteiger partial charge in [-0.2, -0.15) is 18.3 Å². The molecule has 2 heterocycles. The molecule has 1 fully saturated rings. The van der Waals surface area contributed by atoms with E-state index in [0.29, 0.717) is 6.54 Å². The smallest absolute Gasteiger partial charge is 0.349 e. The summed E-state index contributed by atoms with van der Waals surface area (Å²) in [4.78, 5) is 14.4. The van der Waals surface area contributed by atoms with Crippen molar-refractivity contribution >= 4 is 5.91 Å². The second kappa shape index (κ2) is 7.88. The molecule has 1 aromatic carbocycles. The first-order chi connectivity index (χ1) is 12.4. The van der Waals surface area contributed by atoms with Crippen molar-refractivity contribution in [1.29, 1.82) is 0 Å². The van der Waals surface area contributed by atoms with Gasteiger partial charge in [0.15, 0.2) is 5.69 Å². The Hall–Kier alpha value is -2.39. The lowest BCUT2D eigenvalue weighted by Crippen LogP contribution is -2.46. The summed E-state index contributed by atoms with van der Waals surface area (Å²) in [6.45, 7) is 5.02. The van der Waals surface area contributed by atoms with Crippen LogP contribution in [0.3, 0.4) is 0 Å². The lowest BCUT2D eigenvalue weighted by Gasteiger charge is -2.26. The number of rotatable bonds is 5. The van der Waals surface area contributed by atoms with E-state index in [9.17, 15) is 18.0 Å². The van der Waals surface area contributed by atoms with Crippen molar-refractivity contribution < 1.29 is 18.0 Å². The van der Waals surface area contributed by atoms with E-state index in [0.717, 1.165) is 44.9 Å². The minimum absolute atomic E-state index is 0.169. The van der Waals surface area contributed by atoms with Gasteiger partial charge >= 0.3 is 6.18 Å². The summed E-state index contributed by atoms with van der Waals surface area (Å²) < 4.78 is 39.7. The molecule has 26 heavy (non-hydrogen) atoms. The molecular formula is C17H20F3N5O. The van der Waals surface area contributed by atoms with Gasteiger partial charge < -0.3 is 10.6 Å². The minimum atomic E-state index is -4.42. The van der Waals surface area contributed by atoms with E-state index in [2.05, 4.69) is 20.6 Å². The molecule has 6 nitrogen and oxygen atoms in total. The monoisotopic (exact) mass is 367 g/mol. The number of nitrogens with one attached hydrogen (secondary N) is 2. The minimum Gasteiger partial charge on any atom is -0.349 e. The molecule has 1 amide bonds. The predicted octanol–water partition coefficient (Wildman–Crippen LogP) is 1.53. The third-order valence-electron chi connectivity index (χ3n) is 4.18. The zero-order valence-corrected chi connectivity index (χ0v) is 14.1. The van der Waals surface area contributed by atoms with Gasteiger partial charge in [-0.1, -0.05) is 6.07 Å². The summed E-state index contributed by atoms with van der Waals surface area (Å²) in [6, 6.07) is 6.30. The molecule has 0 radical (unpaired) electrons. The van der Waals surface area contributed by atoms with Crippen LogP contribution in [0.25, 0.3) is 5.69 Å². The highest BCUT2D eigenvalue weighted by Gasteiger charge is 2.30. The third kappa shape index (κ3) is 4.61. The van der Waals surface area contributed by atoms with Crippen molar-refractivity contribution in [3.05, 3.63) is 47.8 Å². The summed E-state index contributed by atoms with van der Waals surface area (Å²) in [6.07, 6.45) is -2.95. The largest absolute Gasteiger partial charge is 0.416 e. The number of carbonyl (C=O) groups is 1. The molecule has 2 N–H and O–H groups in total. The van der Waals surface area contributed by atoms with Crippen LogP contribution in [0.1, 0.15) is 16.1 Å². The van der Waals surface area contributed by atoms with Crippen molar-refractivity contribution in [2.45, 2.75) is 6.18 Å². The number of halogens is 3. The topological polar surface area (TPSA) is 62.2 Å². The fourth-order valence-corrected chi connectivity index (χ4v) is 2.77. The maximum absolute atomic E-state index is 12.8. The molecule has 1 aliphatic heterocycles. The van der Waals surface area contributed by atoms with Gasteiger partial charge in [0.05, 0.1) is 11.3 Å². The number of amides is 1. The van der Waals surface area contributed by atoms with Crippen LogP contribution in [0.5, 0.6) is 0 Å². The third-order valence-corrected chi connectivity index (χ3v) is 4.18. The van der Waals surface area contributed by atoms with Gasteiger partial charge in [0.25, 0.3) is 5.91 Å². The van der Waals surface area contributed by atoms with Crippen LogP contribution < -0.4 is 10.6 Å². The van der Waals surface area contributed by atoms with Gasteiger partial charge in [0.2, 0.25) is 0 Å². The molecule has 9 heteroatoms. The van der Waals surface area contributed by atoms with Crippen molar-refractivity contribution in [3.63, 3.8) is 0 Å². The second-order valence-corrected chi connectivity index (χ2v) is 6.04. The number of piperazine rings is 1. The van der Waals surface area contributed by atoms with Gasteiger partial charge in [-0.15, -0.1) is 0 Å². The van der Waals surface area contributed by atoms with Gasteiger partial charge in [-0.25, -0.2) is 4.68 Å². The first-order valence-electron chi connectivity index (χ1n) is 8.38. The number of nitrogens with zero attached hydrogens (tertiary/aromatic N) is 3. The summed E-state index contributed by atoms with van der Waals surface area (Å²) >= 11 is 0. The second-order valence-electron chi connectivity index (χ2n) is 6.04. The van der Waals surface area contributed by atoms with Crippen LogP contribution in [0, 0.1) is 0 Å². The van der Waals surface area contributed by atoms with Crippen molar-refractivity contribution in [3.8, 4) is 5.69 Å². The zero-order chi connectivity index (χ0) is 18.6. The Morgan fingerprint density at radius 3 is 2.73 bits per heavy atom. The molecule has 0 saturated carbocycles. The first kappa shape index (κ1) is 18.4. The number of aromatic nitrogens is 2. The van der Waals surface area contributed by atoms with Gasteiger partial charge in [-0.05, 0) is 24.3 Å². The van der Waals surface area contributed by atoms with Crippen LogP contribution in [0.4, 0.5) is 13.2 Å². The highest BCUT2D eigenvalue weighted by Crippen LogP contribution is 2.30. The number of benzene rings is 1. The van der Waals surface area contributed by atoms with E-state index in [1.54, 1.807) is 0 Å². The Morgan fingerprint density at radius 2 is 2.00 bits per heavy atom. The molecule has 1 aliphatic rings. The molecule has 2 aromatic rings. The number of hydrogen-bond donors (Lipinski definition) is 2. The van der Waals surface area contributed by atoms with E-state index in [1.807, 2.05) is 0 Å². The van der Waals surface area contributed by atoms with E-state index in [-0.39, 0.29) is 17.3 Å². The normalized spacial score (nSPS) is 15.8. The van der Waals surface area contributed by atoms with Crippen molar-refractivity contribution in [2.24, 2.45) is 0 Å². The van der Waals surface area contributed by atoms with Crippen molar-refractivity contribution in [1.82, 2.24) is 25.3 Å². The molecule has 0 spiro atoms. The average molecular weight is 367 g/mol. The van der Waals surface area contributed by atoms with E-state index in [1.165, 1.54) is 29.1 Å². The maximum atomic E-state index is 12.8. The molecule has 3 rings (SSSR count). The van der Waals surface area contributed by atoms with E-state index < -0.39 is 11.7 Å². The van der Waals surface area contributed by atoms with Crippen LogP contribution in [-0.4, -0.2) is 59.9 Å². The summed E-state index contributed by atoms with van der Waals surface area (Å²) in [5.74, 6) is -0.342. The Kier molecular flexibility index (Phi) is 5.58. The average Bonchev–Trinajstić information content (AvgIpc) is 3.12.